The van der Waals surface area contributed by atoms with Crippen LogP contribution in [0.3, 0.4) is 0 Å². The van der Waals surface area contributed by atoms with Gasteiger partial charge in [-0.25, -0.2) is 9.18 Å². The molecular formula is C24H30FN5O3. The molecule has 3 aromatic rings. The average Bonchev–Trinajstić information content (AvgIpc) is 3.04. The molecule has 2 heterocycles. The van der Waals surface area contributed by atoms with Crippen molar-refractivity contribution in [3.63, 3.8) is 0 Å². The molecule has 9 heteroatoms. The number of halogens is 1. The van der Waals surface area contributed by atoms with Crippen molar-refractivity contribution in [3.8, 4) is 11.4 Å². The molecule has 0 unspecified atom stereocenters. The van der Waals surface area contributed by atoms with Crippen molar-refractivity contribution in [2.75, 3.05) is 5.32 Å². The first-order chi connectivity index (χ1) is 15.6. The lowest BCUT2D eigenvalue weighted by Crippen LogP contribution is -2.24. The number of nitrogens with zero attached hydrogens (tertiary/aromatic N) is 4. The molecule has 8 nitrogen and oxygen atoms in total. The van der Waals surface area contributed by atoms with Gasteiger partial charge in [0.25, 0.3) is 5.91 Å². The second kappa shape index (κ2) is 9.97. The van der Waals surface area contributed by atoms with Crippen LogP contribution in [0.5, 0.6) is 5.75 Å². The summed E-state index contributed by atoms with van der Waals surface area (Å²) in [6.45, 7) is 9.81. The first kappa shape index (κ1) is 24.2. The van der Waals surface area contributed by atoms with Crippen LogP contribution in [-0.4, -0.2) is 31.3 Å². The fraction of sp³-hybridized carbons (Fsp3) is 0.417. The van der Waals surface area contributed by atoms with Gasteiger partial charge in [-0.1, -0.05) is 27.7 Å². The molecule has 1 N–H and O–H groups in total. The zero-order chi connectivity index (χ0) is 24.3. The number of ether oxygens (including phenoxy) is 1. The average molecular weight is 456 g/mol. The molecule has 2 aromatic heterocycles. The van der Waals surface area contributed by atoms with Crippen LogP contribution < -0.4 is 15.7 Å². The fourth-order valence-electron chi connectivity index (χ4n) is 3.65. The van der Waals surface area contributed by atoms with Gasteiger partial charge < -0.3 is 10.1 Å². The number of hydrogen-bond acceptors (Lipinski definition) is 5. The third kappa shape index (κ3) is 5.47. The van der Waals surface area contributed by atoms with Crippen LogP contribution >= 0.6 is 0 Å². The SMILES string of the molecule is CC(C)C[C@H](C)Oc1cc(-n2nc(C(C)C)n(C)c2=O)c(F)cc1C(=O)Nc1ccncc1. The minimum atomic E-state index is -0.755. The Kier molecular flexibility index (Phi) is 7.30. The first-order valence-electron chi connectivity index (χ1n) is 11.0. The van der Waals surface area contributed by atoms with Crippen molar-refractivity contribution in [2.24, 2.45) is 13.0 Å². The Morgan fingerprint density at radius 1 is 1.15 bits per heavy atom. The molecule has 0 bridgehead atoms. The van der Waals surface area contributed by atoms with E-state index >= 15 is 4.39 Å². The number of amides is 1. The summed E-state index contributed by atoms with van der Waals surface area (Å²) in [6, 6.07) is 5.71. The number of carbonyl (C=O) groups excluding carboxylic acids is 1. The summed E-state index contributed by atoms with van der Waals surface area (Å²) in [4.78, 5) is 29.7. The lowest BCUT2D eigenvalue weighted by molar-refractivity contribution is 0.101. The van der Waals surface area contributed by atoms with E-state index in [0.717, 1.165) is 17.2 Å². The second-order valence-electron chi connectivity index (χ2n) is 8.81. The summed E-state index contributed by atoms with van der Waals surface area (Å²) in [5.74, 6) is -0.256. The molecular weight excluding hydrogens is 425 g/mol. The van der Waals surface area contributed by atoms with Gasteiger partial charge in [-0.15, -0.1) is 5.10 Å². The number of anilines is 1. The highest BCUT2D eigenvalue weighted by molar-refractivity contribution is 6.06. The van der Waals surface area contributed by atoms with Gasteiger partial charge in [0.1, 0.15) is 23.1 Å². The smallest absolute Gasteiger partial charge is 0.350 e. The Balaban J connectivity index is 2.09. The van der Waals surface area contributed by atoms with E-state index in [2.05, 4.69) is 29.2 Å². The molecule has 0 saturated heterocycles. The van der Waals surface area contributed by atoms with Crippen molar-refractivity contribution < 1.29 is 13.9 Å². The highest BCUT2D eigenvalue weighted by atomic mass is 19.1. The van der Waals surface area contributed by atoms with Gasteiger partial charge in [-0.3, -0.25) is 14.3 Å². The van der Waals surface area contributed by atoms with Crippen molar-refractivity contribution in [1.29, 1.82) is 0 Å². The Morgan fingerprint density at radius 3 is 2.39 bits per heavy atom. The van der Waals surface area contributed by atoms with E-state index in [1.807, 2.05) is 20.8 Å². The number of aromatic nitrogens is 4. The molecule has 0 aliphatic heterocycles. The highest BCUT2D eigenvalue weighted by Gasteiger charge is 2.23. The van der Waals surface area contributed by atoms with Crippen LogP contribution in [0.2, 0.25) is 0 Å². The zero-order valence-electron chi connectivity index (χ0n) is 19.8. The molecule has 0 fully saturated rings. The standard InChI is InChI=1S/C24H30FN5O3/c1-14(2)11-16(5)33-21-13-20(30-24(32)29(6)22(28-30)15(3)4)19(25)12-18(21)23(31)27-17-7-9-26-10-8-17/h7-10,12-16H,11H2,1-6H3,(H,26,27,31)/t16-/m0/s1. The van der Waals surface area contributed by atoms with Gasteiger partial charge in [0.05, 0.1) is 11.7 Å². The first-order valence-corrected chi connectivity index (χ1v) is 11.0. The highest BCUT2D eigenvalue weighted by Crippen LogP contribution is 2.28. The quantitative estimate of drug-likeness (QED) is 0.547. The zero-order valence-corrected chi connectivity index (χ0v) is 19.8. The maximum atomic E-state index is 15.2. The van der Waals surface area contributed by atoms with Gasteiger partial charge >= 0.3 is 5.69 Å². The number of hydrogen-bond donors (Lipinski definition) is 1. The van der Waals surface area contributed by atoms with Crippen molar-refractivity contribution >= 4 is 11.6 Å². The van der Waals surface area contributed by atoms with Crippen LogP contribution in [0.1, 0.15) is 63.1 Å². The van der Waals surface area contributed by atoms with Gasteiger partial charge in [-0.2, -0.15) is 4.68 Å². The van der Waals surface area contributed by atoms with E-state index in [1.54, 1.807) is 31.6 Å². The van der Waals surface area contributed by atoms with E-state index in [-0.39, 0.29) is 29.0 Å². The lowest BCUT2D eigenvalue weighted by atomic mass is 10.1. The summed E-state index contributed by atoms with van der Waals surface area (Å²) in [7, 11) is 1.59. The molecule has 0 aliphatic carbocycles. The van der Waals surface area contributed by atoms with E-state index in [9.17, 15) is 9.59 Å². The summed E-state index contributed by atoms with van der Waals surface area (Å²) in [5, 5.41) is 7.04. The van der Waals surface area contributed by atoms with E-state index in [1.165, 1.54) is 10.6 Å². The monoisotopic (exact) mass is 455 g/mol. The van der Waals surface area contributed by atoms with Gasteiger partial charge in [-0.05, 0) is 37.5 Å². The Labute approximate surface area is 192 Å². The Bertz CT molecular complexity index is 1180. The number of carbonyl (C=O) groups is 1. The largest absolute Gasteiger partial charge is 0.490 e. The van der Waals surface area contributed by atoms with Gasteiger partial charge in [0.15, 0.2) is 0 Å². The molecule has 3 rings (SSSR count). The summed E-state index contributed by atoms with van der Waals surface area (Å²) in [5.41, 5.74) is -0.0117. The molecule has 176 valence electrons. The maximum Gasteiger partial charge on any atom is 0.350 e. The number of pyridine rings is 1. The molecule has 1 amide bonds. The predicted octanol–water partition coefficient (Wildman–Crippen LogP) is 4.29. The minimum absolute atomic E-state index is 0.0248. The van der Waals surface area contributed by atoms with Crippen molar-refractivity contribution in [1.82, 2.24) is 19.3 Å². The molecule has 1 aromatic carbocycles. The van der Waals surface area contributed by atoms with Crippen molar-refractivity contribution in [2.45, 2.75) is 53.1 Å². The normalized spacial score (nSPS) is 12.3. The Hall–Kier alpha value is -3.49. The van der Waals surface area contributed by atoms with Crippen LogP contribution in [-0.2, 0) is 7.05 Å². The molecule has 0 spiro atoms. The van der Waals surface area contributed by atoms with E-state index in [0.29, 0.717) is 17.4 Å². The van der Waals surface area contributed by atoms with Crippen LogP contribution in [0.4, 0.5) is 10.1 Å². The summed E-state index contributed by atoms with van der Waals surface area (Å²) in [6.07, 6.45) is 3.59. The number of benzene rings is 1. The molecule has 0 saturated carbocycles. The fourth-order valence-corrected chi connectivity index (χ4v) is 3.65. The number of rotatable bonds is 8. The topological polar surface area (TPSA) is 91.0 Å². The molecule has 1 atom stereocenters. The number of nitrogens with one attached hydrogen (secondary N) is 1. The van der Waals surface area contributed by atoms with Crippen LogP contribution in [0.25, 0.3) is 5.69 Å². The summed E-state index contributed by atoms with van der Waals surface area (Å²) < 4.78 is 23.7. The van der Waals surface area contributed by atoms with Gasteiger partial charge in [0.2, 0.25) is 0 Å². The molecule has 0 radical (unpaired) electrons. The maximum absolute atomic E-state index is 15.2. The minimum Gasteiger partial charge on any atom is -0.490 e. The van der Waals surface area contributed by atoms with E-state index < -0.39 is 17.4 Å². The lowest BCUT2D eigenvalue weighted by Gasteiger charge is -2.20. The van der Waals surface area contributed by atoms with Crippen molar-refractivity contribution in [3.05, 3.63) is 64.3 Å². The molecule has 0 aliphatic rings. The molecule has 33 heavy (non-hydrogen) atoms. The summed E-state index contributed by atoms with van der Waals surface area (Å²) >= 11 is 0. The third-order valence-corrected chi connectivity index (χ3v) is 5.12. The Morgan fingerprint density at radius 2 is 1.82 bits per heavy atom. The van der Waals surface area contributed by atoms with E-state index in [4.69, 9.17) is 4.74 Å². The second-order valence-corrected chi connectivity index (χ2v) is 8.81. The van der Waals surface area contributed by atoms with Crippen LogP contribution in [0, 0.1) is 11.7 Å². The third-order valence-electron chi connectivity index (χ3n) is 5.12. The van der Waals surface area contributed by atoms with Gasteiger partial charge in [0, 0.05) is 37.1 Å². The predicted molar refractivity (Wildman–Crippen MR) is 125 cm³/mol. The van der Waals surface area contributed by atoms with Crippen LogP contribution in [0.15, 0.2) is 41.5 Å².